The van der Waals surface area contributed by atoms with Crippen LogP contribution < -0.4 is 15.1 Å². The van der Waals surface area contributed by atoms with Gasteiger partial charge in [0.2, 0.25) is 5.91 Å². The minimum absolute atomic E-state index is 0.152. The van der Waals surface area contributed by atoms with Crippen molar-refractivity contribution in [2.75, 3.05) is 17.8 Å². The predicted molar refractivity (Wildman–Crippen MR) is 154 cm³/mol. The fraction of sp³-hybridized carbons (Fsp3) is 0.143. The van der Waals surface area contributed by atoms with Gasteiger partial charge >= 0.3 is 12.4 Å². The first-order valence-corrected chi connectivity index (χ1v) is 13.5. The molecule has 5 rings (SSSR count). The first-order chi connectivity index (χ1) is 20.7. The largest absolute Gasteiger partial charge is 0.573 e. The summed E-state index contributed by atoms with van der Waals surface area (Å²) in [5, 5.41) is 8.55. The topological polar surface area (TPSA) is 123 Å². The highest BCUT2D eigenvalue weighted by atomic mass is 32.2. The molecule has 0 saturated carbocycles. The van der Waals surface area contributed by atoms with E-state index in [-0.39, 0.29) is 22.6 Å². The van der Waals surface area contributed by atoms with Gasteiger partial charge in [0.1, 0.15) is 12.1 Å². The van der Waals surface area contributed by atoms with E-state index >= 15 is 0 Å². The van der Waals surface area contributed by atoms with Gasteiger partial charge in [0.15, 0.2) is 11.0 Å². The molecule has 3 amide bonds. The molecule has 1 aromatic heterocycles. The van der Waals surface area contributed by atoms with Crippen LogP contribution in [-0.2, 0) is 16.1 Å². The molecule has 43 heavy (non-hydrogen) atoms. The summed E-state index contributed by atoms with van der Waals surface area (Å²) in [7, 11) is 1.56. The van der Waals surface area contributed by atoms with Gasteiger partial charge in [-0.2, -0.15) is 10.1 Å². The maximum Gasteiger partial charge on any atom is 0.573 e. The number of anilines is 1. The number of amides is 3. The van der Waals surface area contributed by atoms with Crippen molar-refractivity contribution < 1.29 is 32.2 Å². The highest BCUT2D eigenvalue weighted by Crippen LogP contribution is 2.30. The molecular formula is C28H22F3N7O4S. The maximum atomic E-state index is 12.6. The standard InChI is InChI=1S/C28H22F3N7O4S/c1-41-15-20-4-2-3-5-23(20)38-24(39)16-43-27(38)34-26(40)35-33-14-18-6-8-19(9-7-18)25-32-17-37(36-25)21-10-12-22(13-11-21)42-28(29,30)31/h2-14,17H,15-16H2,1H3,(H,35,40)/b33-14+,34-27?. The second-order valence-corrected chi connectivity index (χ2v) is 9.77. The number of thioether (sulfide) groups is 1. The molecule has 0 unspecified atom stereocenters. The number of ether oxygens (including phenoxy) is 2. The van der Waals surface area contributed by atoms with Gasteiger partial charge in [-0.05, 0) is 35.9 Å². The fourth-order valence-corrected chi connectivity index (χ4v) is 4.86. The van der Waals surface area contributed by atoms with Crippen LogP contribution >= 0.6 is 11.8 Å². The minimum Gasteiger partial charge on any atom is -0.406 e. The number of nitrogens with zero attached hydrogens (tertiary/aromatic N) is 6. The number of benzene rings is 3. The second-order valence-electron chi connectivity index (χ2n) is 8.83. The fourth-order valence-electron chi connectivity index (χ4n) is 4.00. The van der Waals surface area contributed by atoms with E-state index in [9.17, 15) is 22.8 Å². The first-order valence-electron chi connectivity index (χ1n) is 12.5. The minimum atomic E-state index is -4.77. The van der Waals surface area contributed by atoms with Crippen molar-refractivity contribution in [2.24, 2.45) is 10.1 Å². The van der Waals surface area contributed by atoms with Crippen LogP contribution in [0.15, 0.2) is 89.2 Å². The van der Waals surface area contributed by atoms with Crippen LogP contribution in [-0.4, -0.2) is 57.3 Å². The molecule has 0 bridgehead atoms. The second kappa shape index (κ2) is 12.9. The molecule has 0 atom stereocenters. The van der Waals surface area contributed by atoms with Crippen LogP contribution in [0.4, 0.5) is 23.7 Å². The lowest BCUT2D eigenvalue weighted by atomic mass is 10.1. The molecular weight excluding hydrogens is 587 g/mol. The molecule has 2 heterocycles. The number of aromatic nitrogens is 3. The summed E-state index contributed by atoms with van der Waals surface area (Å²) in [6.07, 6.45) is -1.90. The summed E-state index contributed by atoms with van der Waals surface area (Å²) in [6, 6.07) is 18.7. The Balaban J connectivity index is 1.20. The molecule has 0 spiro atoms. The number of urea groups is 1. The van der Waals surface area contributed by atoms with Crippen molar-refractivity contribution in [2.45, 2.75) is 13.0 Å². The van der Waals surface area contributed by atoms with Crippen molar-refractivity contribution in [1.29, 1.82) is 0 Å². The molecule has 1 aliphatic rings. The zero-order chi connectivity index (χ0) is 30.4. The summed E-state index contributed by atoms with van der Waals surface area (Å²) >= 11 is 1.15. The van der Waals surface area contributed by atoms with Gasteiger partial charge in [-0.3, -0.25) is 9.69 Å². The van der Waals surface area contributed by atoms with Crippen molar-refractivity contribution in [3.8, 4) is 22.8 Å². The van der Waals surface area contributed by atoms with E-state index in [4.69, 9.17) is 4.74 Å². The lowest BCUT2D eigenvalue weighted by Crippen LogP contribution is -2.31. The Labute approximate surface area is 247 Å². The van der Waals surface area contributed by atoms with Crippen LogP contribution in [0.1, 0.15) is 11.1 Å². The van der Waals surface area contributed by atoms with Crippen molar-refractivity contribution in [3.63, 3.8) is 0 Å². The predicted octanol–water partition coefficient (Wildman–Crippen LogP) is 5.16. The summed E-state index contributed by atoms with van der Waals surface area (Å²) < 4.78 is 47.6. The van der Waals surface area contributed by atoms with Crippen LogP contribution in [0.25, 0.3) is 17.1 Å². The van der Waals surface area contributed by atoms with Gasteiger partial charge in [-0.15, -0.1) is 18.3 Å². The number of nitrogens with one attached hydrogen (secondary N) is 1. The Kier molecular flexibility index (Phi) is 8.82. The molecule has 1 aliphatic heterocycles. The summed E-state index contributed by atoms with van der Waals surface area (Å²) in [5.41, 5.74) is 5.56. The van der Waals surface area contributed by atoms with Gasteiger partial charge in [0.25, 0.3) is 0 Å². The van der Waals surface area contributed by atoms with E-state index < -0.39 is 12.4 Å². The van der Waals surface area contributed by atoms with E-state index in [0.29, 0.717) is 34.9 Å². The molecule has 220 valence electrons. The molecule has 11 nitrogen and oxygen atoms in total. The Morgan fingerprint density at radius 1 is 1.09 bits per heavy atom. The molecule has 4 aromatic rings. The van der Waals surface area contributed by atoms with Gasteiger partial charge in [0, 0.05) is 18.2 Å². The van der Waals surface area contributed by atoms with Crippen LogP contribution in [0.5, 0.6) is 5.75 Å². The highest BCUT2D eigenvalue weighted by molar-refractivity contribution is 8.15. The monoisotopic (exact) mass is 609 g/mol. The third kappa shape index (κ3) is 7.44. The number of carbonyl (C=O) groups is 2. The molecule has 1 N–H and O–H groups in total. The highest BCUT2D eigenvalue weighted by Gasteiger charge is 2.32. The number of methoxy groups -OCH3 is 1. The first kappa shape index (κ1) is 29.5. The number of hydrazone groups is 1. The summed E-state index contributed by atoms with van der Waals surface area (Å²) in [6.45, 7) is 0.295. The number of para-hydroxylation sites is 1. The molecule has 3 aromatic carbocycles. The lowest BCUT2D eigenvalue weighted by molar-refractivity contribution is -0.274. The van der Waals surface area contributed by atoms with Gasteiger partial charge in [-0.25, -0.2) is 19.9 Å². The van der Waals surface area contributed by atoms with Crippen molar-refractivity contribution in [1.82, 2.24) is 20.2 Å². The number of hydrogen-bond donors (Lipinski definition) is 1. The number of aliphatic imine (C=N–C) groups is 1. The molecule has 1 saturated heterocycles. The number of rotatable bonds is 8. The molecule has 15 heteroatoms. The number of alkyl halides is 3. The zero-order valence-electron chi connectivity index (χ0n) is 22.4. The quantitative estimate of drug-likeness (QED) is 0.216. The smallest absolute Gasteiger partial charge is 0.406 e. The zero-order valence-corrected chi connectivity index (χ0v) is 23.2. The normalized spacial score (nSPS) is 14.6. The third-order valence-corrected chi connectivity index (χ3v) is 6.79. The van der Waals surface area contributed by atoms with E-state index in [0.717, 1.165) is 17.3 Å². The average molecular weight is 610 g/mol. The number of amidine groups is 1. The Morgan fingerprint density at radius 2 is 1.84 bits per heavy atom. The Bertz CT molecular complexity index is 1670. The van der Waals surface area contributed by atoms with Crippen LogP contribution in [0.2, 0.25) is 0 Å². The van der Waals surface area contributed by atoms with E-state index in [1.807, 2.05) is 12.1 Å². The summed E-state index contributed by atoms with van der Waals surface area (Å²) in [5.74, 6) is 0.00917. The van der Waals surface area contributed by atoms with E-state index in [2.05, 4.69) is 30.3 Å². The average Bonchev–Trinajstić information content (AvgIpc) is 3.61. The molecule has 0 aliphatic carbocycles. The number of carbonyl (C=O) groups excluding carboxylic acids is 2. The van der Waals surface area contributed by atoms with Gasteiger partial charge in [-0.1, -0.05) is 54.2 Å². The maximum absolute atomic E-state index is 12.6. The Hall–Kier alpha value is -5.02. The van der Waals surface area contributed by atoms with Crippen LogP contribution in [0, 0.1) is 0 Å². The van der Waals surface area contributed by atoms with Gasteiger partial charge < -0.3 is 9.47 Å². The van der Waals surface area contributed by atoms with E-state index in [1.165, 1.54) is 46.4 Å². The SMILES string of the molecule is COCc1ccccc1N1C(=O)CSC1=NC(=O)N/N=C/c1ccc(-c2ncn(-c3ccc(OC(F)(F)F)cc3)n2)cc1. The van der Waals surface area contributed by atoms with Crippen LogP contribution in [0.3, 0.4) is 0 Å². The molecule has 1 fully saturated rings. The van der Waals surface area contributed by atoms with Crippen molar-refractivity contribution >= 4 is 40.8 Å². The Morgan fingerprint density at radius 3 is 2.56 bits per heavy atom. The number of hydrogen-bond acceptors (Lipinski definition) is 8. The molecule has 0 radical (unpaired) electrons. The number of halogens is 3. The van der Waals surface area contributed by atoms with E-state index in [1.54, 1.807) is 43.5 Å². The summed E-state index contributed by atoms with van der Waals surface area (Å²) in [4.78, 5) is 34.7. The van der Waals surface area contributed by atoms with Crippen molar-refractivity contribution in [3.05, 3.63) is 90.3 Å². The lowest BCUT2D eigenvalue weighted by Gasteiger charge is -2.19. The van der Waals surface area contributed by atoms with Gasteiger partial charge in [0.05, 0.1) is 29.9 Å². The third-order valence-electron chi connectivity index (χ3n) is 5.86.